The molecule has 0 spiro atoms. The molecule has 0 aromatic rings. The summed E-state index contributed by atoms with van der Waals surface area (Å²) in [6, 6.07) is 0. The summed E-state index contributed by atoms with van der Waals surface area (Å²) in [7, 11) is -4.62. The molecule has 0 amide bonds. The summed E-state index contributed by atoms with van der Waals surface area (Å²) in [5, 5.41) is 21.1. The van der Waals surface area contributed by atoms with E-state index in [0.717, 1.165) is 25.7 Å². The van der Waals surface area contributed by atoms with Gasteiger partial charge in [0.1, 0.15) is 0 Å². The molecule has 4 fully saturated rings. The van der Waals surface area contributed by atoms with Gasteiger partial charge in [0.05, 0.1) is 18.3 Å². The second-order valence-corrected chi connectivity index (χ2v) is 15.0. The smallest absolute Gasteiger partial charge is 0.390 e. The lowest BCUT2D eigenvalue weighted by Crippen LogP contribution is -2.61. The van der Waals surface area contributed by atoms with Gasteiger partial charge in [-0.15, -0.1) is 0 Å². The number of aliphatic hydroxyl groups excluding tert-OH is 2. The molecule has 0 aromatic heterocycles. The lowest BCUT2D eigenvalue weighted by atomic mass is 9.43. The molecule has 4 rings (SSSR count). The monoisotopic (exact) mass is 538 g/mol. The highest BCUT2D eigenvalue weighted by molar-refractivity contribution is 7.80. The van der Waals surface area contributed by atoms with E-state index in [2.05, 4.69) is 60.3 Å². The van der Waals surface area contributed by atoms with Crippen LogP contribution < -0.4 is 0 Å². The average Bonchev–Trinajstić information content (AvgIpc) is 3.11. The fourth-order valence-electron chi connectivity index (χ4n) is 9.85. The van der Waals surface area contributed by atoms with Crippen LogP contribution in [0.4, 0.5) is 0 Å². The summed E-state index contributed by atoms with van der Waals surface area (Å²) in [6.45, 7) is 17.7. The van der Waals surface area contributed by atoms with Crippen molar-refractivity contribution < 1.29 is 27.4 Å². The SMILES string of the molecule is C=C(C)C(/C=C\[C@@H](C)[C@H]1CC[C@H]2[C@@H]3C[C@H](OS(=O)(=O)O)[C@H]4C[C@H](O)[C@@H](O)C[C@]4(C)[C@H]3CC[C@]12C)C(C)C. The van der Waals surface area contributed by atoms with Crippen molar-refractivity contribution in [2.45, 2.75) is 105 Å². The van der Waals surface area contributed by atoms with Crippen molar-refractivity contribution in [1.29, 1.82) is 0 Å². The summed E-state index contributed by atoms with van der Waals surface area (Å²) >= 11 is 0. The molecule has 37 heavy (non-hydrogen) atoms. The van der Waals surface area contributed by atoms with Gasteiger partial charge in [-0.25, -0.2) is 4.18 Å². The number of fused-ring (bicyclic) bond motifs is 5. The predicted octanol–water partition coefficient (Wildman–Crippen LogP) is 5.82. The molecule has 6 nitrogen and oxygen atoms in total. The molecule has 4 saturated carbocycles. The number of hydrogen-bond donors (Lipinski definition) is 3. The van der Waals surface area contributed by atoms with E-state index in [1.807, 2.05) is 0 Å². The van der Waals surface area contributed by atoms with Crippen LogP contribution in [-0.2, 0) is 14.6 Å². The molecular formula is C30H50O6S. The predicted molar refractivity (Wildman–Crippen MR) is 146 cm³/mol. The van der Waals surface area contributed by atoms with Crippen LogP contribution in [-0.4, -0.2) is 41.5 Å². The number of hydrogen-bond acceptors (Lipinski definition) is 5. The lowest BCUT2D eigenvalue weighted by Gasteiger charge is -2.63. The van der Waals surface area contributed by atoms with Crippen molar-refractivity contribution in [3.05, 3.63) is 24.3 Å². The fourth-order valence-corrected chi connectivity index (χ4v) is 10.4. The van der Waals surface area contributed by atoms with E-state index in [0.29, 0.717) is 54.8 Å². The van der Waals surface area contributed by atoms with E-state index in [-0.39, 0.29) is 22.7 Å². The largest absolute Gasteiger partial charge is 0.397 e. The van der Waals surface area contributed by atoms with E-state index < -0.39 is 28.7 Å². The summed E-state index contributed by atoms with van der Waals surface area (Å²) in [5.74, 6) is 2.74. The van der Waals surface area contributed by atoms with Gasteiger partial charge in [-0.3, -0.25) is 4.55 Å². The highest BCUT2D eigenvalue weighted by Gasteiger charge is 2.64. The summed E-state index contributed by atoms with van der Waals surface area (Å²) in [6.07, 6.45) is 8.13. The Balaban J connectivity index is 1.61. The molecule has 3 N–H and O–H groups in total. The third-order valence-corrected chi connectivity index (χ3v) is 12.0. The highest BCUT2D eigenvalue weighted by atomic mass is 32.3. The normalized spacial score (nSPS) is 45.8. The van der Waals surface area contributed by atoms with Crippen LogP contribution in [0.25, 0.3) is 0 Å². The van der Waals surface area contributed by atoms with Gasteiger partial charge in [-0.1, -0.05) is 58.9 Å². The molecule has 212 valence electrons. The van der Waals surface area contributed by atoms with Crippen LogP contribution in [0.1, 0.15) is 86.5 Å². The average molecular weight is 539 g/mol. The topological polar surface area (TPSA) is 104 Å². The first kappa shape index (κ1) is 29.3. The number of aliphatic hydroxyl groups is 2. The molecule has 0 radical (unpaired) electrons. The first-order valence-corrected chi connectivity index (χ1v) is 15.8. The summed E-state index contributed by atoms with van der Waals surface area (Å²) in [4.78, 5) is 0. The second-order valence-electron chi connectivity index (χ2n) is 14.0. The maximum atomic E-state index is 11.8. The molecule has 4 aliphatic carbocycles. The van der Waals surface area contributed by atoms with E-state index in [1.165, 1.54) is 5.57 Å². The van der Waals surface area contributed by atoms with Gasteiger partial charge in [0.15, 0.2) is 0 Å². The van der Waals surface area contributed by atoms with Crippen LogP contribution >= 0.6 is 0 Å². The van der Waals surface area contributed by atoms with Gasteiger partial charge in [-0.05, 0) is 110 Å². The zero-order valence-corrected chi connectivity index (χ0v) is 24.5. The molecule has 12 atom stereocenters. The van der Waals surface area contributed by atoms with E-state index in [1.54, 1.807) is 0 Å². The Labute approximate surface area is 224 Å². The fraction of sp³-hybridized carbons (Fsp3) is 0.867. The molecular weight excluding hydrogens is 488 g/mol. The second kappa shape index (κ2) is 10.3. The Morgan fingerprint density at radius 2 is 1.62 bits per heavy atom. The third kappa shape index (κ3) is 5.37. The van der Waals surface area contributed by atoms with Crippen LogP contribution in [0.2, 0.25) is 0 Å². The maximum Gasteiger partial charge on any atom is 0.397 e. The third-order valence-electron chi connectivity index (χ3n) is 11.5. The molecule has 7 heteroatoms. The van der Waals surface area contributed by atoms with Crippen molar-refractivity contribution in [1.82, 2.24) is 0 Å². The Kier molecular flexibility index (Phi) is 8.18. The molecule has 0 saturated heterocycles. The first-order valence-electron chi connectivity index (χ1n) is 14.4. The molecule has 0 bridgehead atoms. The van der Waals surface area contributed by atoms with Crippen LogP contribution in [0.3, 0.4) is 0 Å². The van der Waals surface area contributed by atoms with Gasteiger partial charge >= 0.3 is 10.4 Å². The van der Waals surface area contributed by atoms with E-state index >= 15 is 0 Å². The molecule has 0 heterocycles. The molecule has 4 aliphatic rings. The number of allylic oxidation sites excluding steroid dienone is 3. The Morgan fingerprint density at radius 3 is 2.22 bits per heavy atom. The molecule has 0 aliphatic heterocycles. The Hall–Kier alpha value is -0.730. The van der Waals surface area contributed by atoms with Crippen LogP contribution in [0.15, 0.2) is 24.3 Å². The van der Waals surface area contributed by atoms with Gasteiger partial charge in [0.2, 0.25) is 0 Å². The Bertz CT molecular complexity index is 990. The van der Waals surface area contributed by atoms with Crippen LogP contribution in [0.5, 0.6) is 0 Å². The summed E-state index contributed by atoms with van der Waals surface area (Å²) in [5.41, 5.74) is 1.01. The Morgan fingerprint density at radius 1 is 0.973 bits per heavy atom. The summed E-state index contributed by atoms with van der Waals surface area (Å²) < 4.78 is 38.6. The van der Waals surface area contributed by atoms with E-state index in [9.17, 15) is 23.2 Å². The maximum absolute atomic E-state index is 11.8. The lowest BCUT2D eigenvalue weighted by molar-refractivity contribution is -0.190. The van der Waals surface area contributed by atoms with Crippen molar-refractivity contribution in [2.75, 3.05) is 0 Å². The van der Waals surface area contributed by atoms with Gasteiger partial charge < -0.3 is 10.2 Å². The van der Waals surface area contributed by atoms with Gasteiger partial charge in [0, 0.05) is 0 Å². The van der Waals surface area contributed by atoms with Crippen molar-refractivity contribution in [3.8, 4) is 0 Å². The van der Waals surface area contributed by atoms with Crippen molar-refractivity contribution in [2.24, 2.45) is 58.2 Å². The zero-order chi connectivity index (χ0) is 27.5. The van der Waals surface area contributed by atoms with Gasteiger partial charge in [0.25, 0.3) is 0 Å². The van der Waals surface area contributed by atoms with Crippen LogP contribution in [0, 0.1) is 58.2 Å². The standard InChI is InChI=1S/C30H50O6S/c1-17(2)20(18(3)4)9-8-19(5)22-10-11-23-21-14-28(36-37(33,34)35)25-15-26(31)27(32)16-30(25,7)24(21)12-13-29(22,23)6/h8-9,18-28,31-32H,1,10-16H2,2-7H3,(H,33,34,35)/b9-8-/t19-,20?,21+,22-,23+,24+,25-,26+,27+,28+,29-,30-/m1/s1. The minimum atomic E-state index is -4.62. The van der Waals surface area contributed by atoms with Crippen molar-refractivity contribution >= 4 is 10.4 Å². The van der Waals surface area contributed by atoms with Crippen molar-refractivity contribution in [3.63, 3.8) is 0 Å². The number of rotatable bonds is 7. The minimum absolute atomic E-state index is 0.153. The molecule has 1 unspecified atom stereocenters. The zero-order valence-electron chi connectivity index (χ0n) is 23.6. The first-order chi connectivity index (χ1) is 17.1. The quantitative estimate of drug-likeness (QED) is 0.279. The van der Waals surface area contributed by atoms with Gasteiger partial charge in [-0.2, -0.15) is 8.42 Å². The van der Waals surface area contributed by atoms with E-state index in [4.69, 9.17) is 4.18 Å². The molecule has 0 aromatic carbocycles. The minimum Gasteiger partial charge on any atom is -0.390 e. The highest BCUT2D eigenvalue weighted by Crippen LogP contribution is 2.68.